The number of hydrogen-bond donors (Lipinski definition) is 0. The number of isocyanates is 1. The summed E-state index contributed by atoms with van der Waals surface area (Å²) in [6.07, 6.45) is 5.99. The van der Waals surface area contributed by atoms with Crippen LogP contribution in [-0.4, -0.2) is 30.8 Å². The zero-order valence-electron chi connectivity index (χ0n) is 12.1. The maximum absolute atomic E-state index is 10.8. The van der Waals surface area contributed by atoms with Gasteiger partial charge in [-0.3, -0.25) is 0 Å². The maximum atomic E-state index is 10.8. The maximum Gasteiger partial charge on any atom is 0.235 e. The minimum atomic E-state index is -0.416. The van der Waals surface area contributed by atoms with Crippen LogP contribution in [0.1, 0.15) is 31.2 Å². The Bertz CT molecular complexity index is 559. The molecule has 1 saturated heterocycles. The second kappa shape index (κ2) is 6.12. The fraction of sp³-hybridized carbons (Fsp3) is 0.562. The first-order valence-corrected chi connectivity index (χ1v) is 8.45. The minimum Gasteiger partial charge on any atom is -0.493 e. The van der Waals surface area contributed by atoms with Crippen LogP contribution in [0.2, 0.25) is 0 Å². The molecule has 0 aromatic heterocycles. The highest BCUT2D eigenvalue weighted by Gasteiger charge is 2.36. The summed E-state index contributed by atoms with van der Waals surface area (Å²) in [4.78, 5) is 15.0. The fourth-order valence-electron chi connectivity index (χ4n) is 3.03. The molecule has 0 atom stereocenters. The number of ether oxygens (including phenoxy) is 2. The van der Waals surface area contributed by atoms with E-state index in [0.29, 0.717) is 0 Å². The van der Waals surface area contributed by atoms with E-state index in [-0.39, 0.29) is 6.10 Å². The molecule has 1 heterocycles. The lowest BCUT2D eigenvalue weighted by Crippen LogP contribution is -2.31. The van der Waals surface area contributed by atoms with Crippen molar-refractivity contribution < 1.29 is 14.3 Å². The van der Waals surface area contributed by atoms with Crippen molar-refractivity contribution in [1.29, 1.82) is 0 Å². The lowest BCUT2D eigenvalue weighted by atomic mass is 9.88. The molecule has 0 radical (unpaired) electrons. The van der Waals surface area contributed by atoms with Gasteiger partial charge in [-0.2, -0.15) is 16.8 Å². The van der Waals surface area contributed by atoms with Crippen LogP contribution in [0.3, 0.4) is 0 Å². The molecule has 112 valence electrons. The molecule has 0 spiro atoms. The molecule has 0 N–H and O–H groups in total. The van der Waals surface area contributed by atoms with Crippen molar-refractivity contribution in [2.45, 2.75) is 37.3 Å². The number of carbonyl (C=O) groups excluding carboxylic acids is 1. The van der Waals surface area contributed by atoms with Gasteiger partial charge >= 0.3 is 0 Å². The van der Waals surface area contributed by atoms with Crippen LogP contribution in [0, 0.1) is 0 Å². The quantitative estimate of drug-likeness (QED) is 0.618. The standard InChI is InChI=1S/C16H19NO3S/c1-19-14-5-4-12(8-15(14)20-13-9-21-10-13)16(17-11-18)6-2-3-7-16/h4-5,8,13H,2-3,6-7,9-10H2,1H3. The second-order valence-corrected chi connectivity index (χ2v) is 6.66. The zero-order valence-corrected chi connectivity index (χ0v) is 12.9. The van der Waals surface area contributed by atoms with Crippen LogP contribution in [0.4, 0.5) is 0 Å². The first kappa shape index (κ1) is 14.5. The molecule has 2 aliphatic rings. The summed E-state index contributed by atoms with van der Waals surface area (Å²) in [5.74, 6) is 3.53. The van der Waals surface area contributed by atoms with Gasteiger partial charge in [-0.1, -0.05) is 18.9 Å². The van der Waals surface area contributed by atoms with Gasteiger partial charge in [0.05, 0.1) is 12.6 Å². The number of thioether (sulfide) groups is 1. The minimum absolute atomic E-state index is 0.258. The van der Waals surface area contributed by atoms with Crippen LogP contribution in [0.25, 0.3) is 0 Å². The van der Waals surface area contributed by atoms with E-state index in [9.17, 15) is 4.79 Å². The third kappa shape index (κ3) is 2.81. The first-order chi connectivity index (χ1) is 10.3. The molecule has 1 aromatic carbocycles. The predicted molar refractivity (Wildman–Crippen MR) is 83.0 cm³/mol. The molecule has 1 aliphatic carbocycles. The van der Waals surface area contributed by atoms with E-state index >= 15 is 0 Å². The molecule has 1 aliphatic heterocycles. The molecule has 5 heteroatoms. The summed E-state index contributed by atoms with van der Waals surface area (Å²) in [7, 11) is 1.65. The van der Waals surface area contributed by atoms with Gasteiger partial charge in [0.15, 0.2) is 11.5 Å². The van der Waals surface area contributed by atoms with Crippen molar-refractivity contribution in [2.24, 2.45) is 4.99 Å². The molecule has 2 fully saturated rings. The van der Waals surface area contributed by atoms with Crippen LogP contribution in [0.5, 0.6) is 11.5 Å². The summed E-state index contributed by atoms with van der Waals surface area (Å²) in [5.41, 5.74) is 0.617. The zero-order chi connectivity index (χ0) is 14.7. The molecular formula is C16H19NO3S. The molecule has 0 unspecified atom stereocenters. The molecule has 1 aromatic rings. The van der Waals surface area contributed by atoms with Crippen LogP contribution in [-0.2, 0) is 10.3 Å². The van der Waals surface area contributed by atoms with Gasteiger partial charge in [0.1, 0.15) is 6.10 Å². The molecule has 3 rings (SSSR count). The number of nitrogens with zero attached hydrogens (tertiary/aromatic N) is 1. The van der Waals surface area contributed by atoms with Crippen molar-refractivity contribution in [3.05, 3.63) is 23.8 Å². The average molecular weight is 305 g/mol. The normalized spacial score (nSPS) is 20.4. The largest absolute Gasteiger partial charge is 0.493 e. The monoisotopic (exact) mass is 305 g/mol. The van der Waals surface area contributed by atoms with Crippen molar-refractivity contribution in [3.63, 3.8) is 0 Å². The predicted octanol–water partition coefficient (Wildman–Crippen LogP) is 3.29. The topological polar surface area (TPSA) is 47.9 Å². The Labute approximate surface area is 128 Å². The second-order valence-electron chi connectivity index (χ2n) is 5.58. The van der Waals surface area contributed by atoms with Crippen LogP contribution >= 0.6 is 11.8 Å². The third-order valence-electron chi connectivity index (χ3n) is 4.29. The van der Waals surface area contributed by atoms with Crippen molar-refractivity contribution in [2.75, 3.05) is 18.6 Å². The van der Waals surface area contributed by atoms with E-state index < -0.39 is 5.54 Å². The van der Waals surface area contributed by atoms with Gasteiger partial charge in [-0.15, -0.1) is 0 Å². The van der Waals surface area contributed by atoms with E-state index in [2.05, 4.69) is 4.99 Å². The van der Waals surface area contributed by atoms with E-state index in [0.717, 1.165) is 54.3 Å². The van der Waals surface area contributed by atoms with Gasteiger partial charge < -0.3 is 9.47 Å². The number of rotatable bonds is 5. The Morgan fingerprint density at radius 2 is 2.05 bits per heavy atom. The molecule has 21 heavy (non-hydrogen) atoms. The number of hydrogen-bond acceptors (Lipinski definition) is 5. The van der Waals surface area contributed by atoms with E-state index in [1.807, 2.05) is 30.0 Å². The number of methoxy groups -OCH3 is 1. The van der Waals surface area contributed by atoms with E-state index in [1.165, 1.54) is 0 Å². The molecule has 4 nitrogen and oxygen atoms in total. The fourth-order valence-corrected chi connectivity index (χ4v) is 3.60. The molecule has 1 saturated carbocycles. The summed E-state index contributed by atoms with van der Waals surface area (Å²) in [6, 6.07) is 5.90. The summed E-state index contributed by atoms with van der Waals surface area (Å²) in [5, 5.41) is 0. The highest BCUT2D eigenvalue weighted by molar-refractivity contribution is 8.00. The molecule has 0 bridgehead atoms. The number of benzene rings is 1. The van der Waals surface area contributed by atoms with E-state index in [1.54, 1.807) is 13.2 Å². The summed E-state index contributed by atoms with van der Waals surface area (Å²) >= 11 is 1.88. The average Bonchev–Trinajstić information content (AvgIpc) is 2.93. The van der Waals surface area contributed by atoms with Gasteiger partial charge in [0.25, 0.3) is 0 Å². The molecule has 0 amide bonds. The summed E-state index contributed by atoms with van der Waals surface area (Å²) < 4.78 is 11.4. The van der Waals surface area contributed by atoms with Crippen molar-refractivity contribution in [3.8, 4) is 11.5 Å². The SMILES string of the molecule is COc1ccc(C2(N=C=O)CCCC2)cc1OC1CSC1. The Balaban J connectivity index is 1.94. The van der Waals surface area contributed by atoms with Gasteiger partial charge in [0, 0.05) is 11.5 Å². The third-order valence-corrected chi connectivity index (χ3v) is 5.51. The Kier molecular flexibility index (Phi) is 4.22. The van der Waals surface area contributed by atoms with Gasteiger partial charge in [0.2, 0.25) is 6.08 Å². The van der Waals surface area contributed by atoms with Crippen molar-refractivity contribution >= 4 is 17.8 Å². The lowest BCUT2D eigenvalue weighted by Gasteiger charge is -2.28. The van der Waals surface area contributed by atoms with E-state index in [4.69, 9.17) is 9.47 Å². The Morgan fingerprint density at radius 3 is 2.62 bits per heavy atom. The lowest BCUT2D eigenvalue weighted by molar-refractivity contribution is 0.227. The summed E-state index contributed by atoms with van der Waals surface area (Å²) in [6.45, 7) is 0. The highest BCUT2D eigenvalue weighted by Crippen LogP contribution is 2.44. The van der Waals surface area contributed by atoms with Crippen molar-refractivity contribution in [1.82, 2.24) is 0 Å². The smallest absolute Gasteiger partial charge is 0.235 e. The Hall–Kier alpha value is -1.45. The number of aliphatic imine (C=N–C) groups is 1. The first-order valence-electron chi connectivity index (χ1n) is 7.29. The van der Waals surface area contributed by atoms with Gasteiger partial charge in [-0.05, 0) is 30.5 Å². The van der Waals surface area contributed by atoms with Gasteiger partial charge in [-0.25, -0.2) is 4.79 Å². The Morgan fingerprint density at radius 1 is 1.29 bits per heavy atom. The van der Waals surface area contributed by atoms with Crippen LogP contribution < -0.4 is 9.47 Å². The highest BCUT2D eigenvalue weighted by atomic mass is 32.2. The van der Waals surface area contributed by atoms with Crippen LogP contribution in [0.15, 0.2) is 23.2 Å². The molecular weight excluding hydrogens is 286 g/mol.